The van der Waals surface area contributed by atoms with Crippen LogP contribution >= 0.6 is 0 Å². The molecule has 0 saturated carbocycles. The van der Waals surface area contributed by atoms with E-state index in [9.17, 15) is 18.4 Å². The normalized spacial score (nSPS) is 14.0. The molecule has 0 saturated heterocycles. The number of carbonyl (C=O) groups is 2. The number of halogens is 2. The number of ether oxygens (including phenoxy) is 2. The van der Waals surface area contributed by atoms with Crippen molar-refractivity contribution >= 4 is 17.8 Å². The Morgan fingerprint density at radius 2 is 2.14 bits per heavy atom. The standard InChI is InChI=1S/C19H20F2N4O4/c1-10-6-12(7-23-17(10)29-9-15(20)21)11(2)25-8-14-13(18(25)26)4-5-22-16(14)24-19(27)28-3/h4-7,11,15H,8-9H2,1-3H3,(H,22,24,27). The molecule has 3 rings (SSSR count). The Labute approximate surface area is 165 Å². The number of fused-ring (bicyclic) bond motifs is 1. The number of carbonyl (C=O) groups excluding carboxylic acids is 2. The van der Waals surface area contributed by atoms with Crippen LogP contribution in [0.4, 0.5) is 19.4 Å². The van der Waals surface area contributed by atoms with Crippen LogP contribution in [0.1, 0.15) is 40.0 Å². The second-order valence-corrected chi connectivity index (χ2v) is 6.50. The third-order valence-electron chi connectivity index (χ3n) is 4.63. The zero-order valence-corrected chi connectivity index (χ0v) is 16.1. The van der Waals surface area contributed by atoms with E-state index in [0.29, 0.717) is 16.7 Å². The number of hydrogen-bond acceptors (Lipinski definition) is 6. The fourth-order valence-electron chi connectivity index (χ4n) is 3.10. The van der Waals surface area contributed by atoms with E-state index >= 15 is 0 Å². The summed E-state index contributed by atoms with van der Waals surface area (Å²) < 4.78 is 34.3. The van der Waals surface area contributed by atoms with Crippen LogP contribution in [-0.2, 0) is 11.3 Å². The van der Waals surface area contributed by atoms with Crippen molar-refractivity contribution in [3.63, 3.8) is 0 Å². The number of nitrogens with zero attached hydrogens (tertiary/aromatic N) is 3. The van der Waals surface area contributed by atoms with Crippen molar-refractivity contribution in [1.82, 2.24) is 14.9 Å². The molecule has 0 bridgehead atoms. The van der Waals surface area contributed by atoms with Gasteiger partial charge >= 0.3 is 6.09 Å². The predicted molar refractivity (Wildman–Crippen MR) is 99.0 cm³/mol. The number of aryl methyl sites for hydroxylation is 1. The van der Waals surface area contributed by atoms with E-state index in [4.69, 9.17) is 4.74 Å². The van der Waals surface area contributed by atoms with E-state index in [1.807, 2.05) is 6.92 Å². The fourth-order valence-corrected chi connectivity index (χ4v) is 3.10. The molecular formula is C19H20F2N4O4. The average molecular weight is 406 g/mol. The number of nitrogens with one attached hydrogen (secondary N) is 1. The van der Waals surface area contributed by atoms with Crippen LogP contribution in [0.2, 0.25) is 0 Å². The number of pyridine rings is 2. The zero-order chi connectivity index (χ0) is 21.1. The molecule has 8 nitrogen and oxygen atoms in total. The second kappa shape index (κ2) is 8.38. The van der Waals surface area contributed by atoms with Gasteiger partial charge in [0.15, 0.2) is 6.61 Å². The summed E-state index contributed by atoms with van der Waals surface area (Å²) >= 11 is 0. The van der Waals surface area contributed by atoms with Crippen molar-refractivity contribution in [2.75, 3.05) is 19.0 Å². The lowest BCUT2D eigenvalue weighted by molar-refractivity contribution is 0.0713. The quantitative estimate of drug-likeness (QED) is 0.791. The van der Waals surface area contributed by atoms with E-state index in [0.717, 1.165) is 5.56 Å². The number of alkyl halides is 2. The zero-order valence-electron chi connectivity index (χ0n) is 16.1. The first-order valence-electron chi connectivity index (χ1n) is 8.83. The van der Waals surface area contributed by atoms with E-state index in [1.165, 1.54) is 19.5 Å². The molecule has 1 aliphatic heterocycles. The minimum atomic E-state index is -2.59. The van der Waals surface area contributed by atoms with Crippen LogP contribution in [0, 0.1) is 6.92 Å². The Kier molecular flexibility index (Phi) is 5.90. The summed E-state index contributed by atoms with van der Waals surface area (Å²) in [7, 11) is 1.24. The van der Waals surface area contributed by atoms with Gasteiger partial charge in [-0.05, 0) is 31.5 Å². The van der Waals surface area contributed by atoms with Gasteiger partial charge in [0.2, 0.25) is 5.88 Å². The van der Waals surface area contributed by atoms with Crippen molar-refractivity contribution in [3.8, 4) is 5.88 Å². The Morgan fingerprint density at radius 1 is 1.38 bits per heavy atom. The maximum atomic E-state index is 12.9. The Bertz CT molecular complexity index is 938. The van der Waals surface area contributed by atoms with E-state index in [1.54, 1.807) is 24.0 Å². The number of hydrogen-bond donors (Lipinski definition) is 1. The van der Waals surface area contributed by atoms with E-state index < -0.39 is 19.1 Å². The molecule has 3 heterocycles. The van der Waals surface area contributed by atoms with Crippen LogP contribution in [0.15, 0.2) is 24.5 Å². The number of aromatic nitrogens is 2. The fraction of sp³-hybridized carbons (Fsp3) is 0.368. The lowest BCUT2D eigenvalue weighted by Gasteiger charge is -2.25. The minimum absolute atomic E-state index is 0.131. The average Bonchev–Trinajstić information content (AvgIpc) is 3.04. The summed E-state index contributed by atoms with van der Waals surface area (Å²) in [6.07, 6.45) is -0.321. The Hall–Kier alpha value is -3.30. The summed E-state index contributed by atoms with van der Waals surface area (Å²) in [5, 5.41) is 2.51. The predicted octanol–water partition coefficient (Wildman–Crippen LogP) is 3.32. The number of anilines is 1. The largest absolute Gasteiger partial charge is 0.471 e. The molecule has 154 valence electrons. The molecule has 2 aromatic rings. The molecule has 1 atom stereocenters. The maximum absolute atomic E-state index is 12.9. The highest BCUT2D eigenvalue weighted by Gasteiger charge is 2.34. The highest BCUT2D eigenvalue weighted by atomic mass is 19.3. The lowest BCUT2D eigenvalue weighted by atomic mass is 10.1. The summed E-state index contributed by atoms with van der Waals surface area (Å²) in [5.41, 5.74) is 2.36. The van der Waals surface area contributed by atoms with Crippen LogP contribution in [-0.4, -0.2) is 47.0 Å². The van der Waals surface area contributed by atoms with Crippen molar-refractivity contribution in [2.45, 2.75) is 32.9 Å². The van der Waals surface area contributed by atoms with Crippen LogP contribution in [0.3, 0.4) is 0 Å². The lowest BCUT2D eigenvalue weighted by Crippen LogP contribution is -2.27. The number of methoxy groups -OCH3 is 1. The van der Waals surface area contributed by atoms with Gasteiger partial charge in [-0.1, -0.05) is 0 Å². The van der Waals surface area contributed by atoms with Crippen LogP contribution in [0.25, 0.3) is 0 Å². The van der Waals surface area contributed by atoms with Gasteiger partial charge in [0.1, 0.15) is 5.82 Å². The van der Waals surface area contributed by atoms with Crippen LogP contribution in [0.5, 0.6) is 5.88 Å². The molecule has 29 heavy (non-hydrogen) atoms. The molecule has 0 spiro atoms. The van der Waals surface area contributed by atoms with Gasteiger partial charge in [0, 0.05) is 29.1 Å². The topological polar surface area (TPSA) is 93.7 Å². The highest BCUT2D eigenvalue weighted by Crippen LogP contribution is 2.34. The first-order valence-corrected chi connectivity index (χ1v) is 8.83. The summed E-state index contributed by atoms with van der Waals surface area (Å²) in [4.78, 5) is 34.2. The van der Waals surface area contributed by atoms with Gasteiger partial charge < -0.3 is 14.4 Å². The molecule has 0 aliphatic carbocycles. The van der Waals surface area contributed by atoms with Gasteiger partial charge in [-0.2, -0.15) is 0 Å². The van der Waals surface area contributed by atoms with Gasteiger partial charge in [-0.25, -0.2) is 23.5 Å². The van der Waals surface area contributed by atoms with E-state index in [2.05, 4.69) is 20.0 Å². The van der Waals surface area contributed by atoms with Crippen LogP contribution < -0.4 is 10.1 Å². The minimum Gasteiger partial charge on any atom is -0.471 e. The van der Waals surface area contributed by atoms with Crippen molar-refractivity contribution < 1.29 is 27.8 Å². The Balaban J connectivity index is 1.81. The molecule has 1 unspecified atom stereocenters. The molecule has 0 fully saturated rings. The molecular weight excluding hydrogens is 386 g/mol. The summed E-state index contributed by atoms with van der Waals surface area (Å²) in [5.74, 6) is 0.187. The first kappa shape index (κ1) is 20.4. The third kappa shape index (κ3) is 4.25. The molecule has 1 N–H and O–H groups in total. The molecule has 0 aromatic carbocycles. The van der Waals surface area contributed by atoms with Gasteiger partial charge in [-0.3, -0.25) is 10.1 Å². The smallest absolute Gasteiger partial charge is 0.412 e. The SMILES string of the molecule is COC(=O)Nc1nccc2c1CN(C(C)c1cnc(OCC(F)F)c(C)c1)C2=O. The number of amides is 2. The highest BCUT2D eigenvalue weighted by molar-refractivity contribution is 6.01. The van der Waals surface area contributed by atoms with E-state index in [-0.39, 0.29) is 30.2 Å². The van der Waals surface area contributed by atoms with Crippen molar-refractivity contribution in [2.24, 2.45) is 0 Å². The second-order valence-electron chi connectivity index (χ2n) is 6.50. The molecule has 2 aromatic heterocycles. The van der Waals surface area contributed by atoms with Gasteiger partial charge in [-0.15, -0.1) is 0 Å². The maximum Gasteiger partial charge on any atom is 0.412 e. The molecule has 1 aliphatic rings. The summed E-state index contributed by atoms with van der Waals surface area (Å²) in [6.45, 7) is 3.05. The first-order chi connectivity index (χ1) is 13.8. The monoisotopic (exact) mass is 406 g/mol. The third-order valence-corrected chi connectivity index (χ3v) is 4.63. The Morgan fingerprint density at radius 3 is 2.79 bits per heavy atom. The number of rotatable bonds is 6. The van der Waals surface area contributed by atoms with Crippen molar-refractivity contribution in [3.05, 3.63) is 46.8 Å². The molecule has 2 amide bonds. The van der Waals surface area contributed by atoms with Crippen molar-refractivity contribution in [1.29, 1.82) is 0 Å². The molecule has 0 radical (unpaired) electrons. The van der Waals surface area contributed by atoms with Gasteiger partial charge in [0.05, 0.1) is 19.7 Å². The molecule has 10 heteroatoms. The van der Waals surface area contributed by atoms with Gasteiger partial charge in [0.25, 0.3) is 12.3 Å². The summed E-state index contributed by atoms with van der Waals surface area (Å²) in [6, 6.07) is 2.99.